The molecule has 0 rings (SSSR count). The van der Waals surface area contributed by atoms with Crippen LogP contribution in [-0.2, 0) is 10.0 Å². The average Bonchev–Trinajstić information content (AvgIpc) is 1.97. The molecule has 0 aromatic heterocycles. The van der Waals surface area contributed by atoms with Crippen molar-refractivity contribution < 1.29 is 26.7 Å². The quantitative estimate of drug-likeness (QED) is 0.743. The number of aliphatic hydroxyl groups excluding tert-OH is 1. The van der Waals surface area contributed by atoms with Crippen molar-refractivity contribution in [3.05, 3.63) is 0 Å². The monoisotopic (exact) mass is 235 g/mol. The predicted molar refractivity (Wildman–Crippen MR) is 43.8 cm³/mol. The van der Waals surface area contributed by atoms with E-state index in [9.17, 15) is 21.6 Å². The summed E-state index contributed by atoms with van der Waals surface area (Å²) in [6.07, 6.45) is 0. The third-order valence-corrected chi connectivity index (χ3v) is 2.84. The maximum atomic E-state index is 11.9. The van der Waals surface area contributed by atoms with Gasteiger partial charge in [0.25, 0.3) is 0 Å². The fourth-order valence-corrected chi connectivity index (χ4v) is 1.53. The highest BCUT2D eigenvalue weighted by Crippen LogP contribution is 2.22. The van der Waals surface area contributed by atoms with Crippen molar-refractivity contribution in [3.63, 3.8) is 0 Å². The molecule has 4 nitrogen and oxygen atoms in total. The van der Waals surface area contributed by atoms with Crippen molar-refractivity contribution in [1.29, 1.82) is 0 Å². The lowest BCUT2D eigenvalue weighted by molar-refractivity contribution is -0.0454. The zero-order valence-electron chi connectivity index (χ0n) is 7.67. The van der Waals surface area contributed by atoms with E-state index in [0.29, 0.717) is 0 Å². The second-order valence-corrected chi connectivity index (χ2v) is 4.81. The Morgan fingerprint density at radius 3 is 2.00 bits per heavy atom. The number of aliphatic hydroxyl groups is 1. The van der Waals surface area contributed by atoms with E-state index in [1.165, 1.54) is 18.6 Å². The first-order chi connectivity index (χ1) is 6.12. The number of halogens is 3. The molecule has 2 N–H and O–H groups in total. The zero-order valence-corrected chi connectivity index (χ0v) is 8.48. The van der Waals surface area contributed by atoms with E-state index in [-0.39, 0.29) is 0 Å². The first kappa shape index (κ1) is 13.7. The van der Waals surface area contributed by atoms with Crippen molar-refractivity contribution in [2.24, 2.45) is 5.92 Å². The minimum Gasteiger partial charge on any atom is -0.395 e. The van der Waals surface area contributed by atoms with Crippen molar-refractivity contribution in [2.75, 3.05) is 6.61 Å². The van der Waals surface area contributed by atoms with E-state index in [1.807, 2.05) is 0 Å². The largest absolute Gasteiger partial charge is 0.511 e. The van der Waals surface area contributed by atoms with Gasteiger partial charge >= 0.3 is 15.5 Å². The lowest BCUT2D eigenvalue weighted by Crippen LogP contribution is -2.46. The molecule has 0 aromatic carbocycles. The molecule has 0 aliphatic heterocycles. The summed E-state index contributed by atoms with van der Waals surface area (Å²) in [5, 5.41) is 8.63. The molecule has 8 heteroatoms. The molecule has 0 unspecified atom stereocenters. The van der Waals surface area contributed by atoms with Crippen LogP contribution in [0.4, 0.5) is 13.2 Å². The molecule has 14 heavy (non-hydrogen) atoms. The average molecular weight is 235 g/mol. The first-order valence-corrected chi connectivity index (χ1v) is 5.29. The lowest BCUT2D eigenvalue weighted by Gasteiger charge is -2.20. The van der Waals surface area contributed by atoms with Gasteiger partial charge in [0.05, 0.1) is 6.61 Å². The molecule has 0 fully saturated rings. The molecule has 0 aliphatic rings. The van der Waals surface area contributed by atoms with Crippen molar-refractivity contribution in [2.45, 2.75) is 25.4 Å². The van der Waals surface area contributed by atoms with Gasteiger partial charge in [0, 0.05) is 6.04 Å². The number of nitrogens with one attached hydrogen (secondary N) is 1. The molecule has 0 heterocycles. The van der Waals surface area contributed by atoms with Gasteiger partial charge in [-0.2, -0.15) is 13.2 Å². The molecule has 1 atom stereocenters. The second-order valence-electron chi connectivity index (χ2n) is 3.10. The molecule has 86 valence electrons. The van der Waals surface area contributed by atoms with Crippen LogP contribution in [0.2, 0.25) is 0 Å². The van der Waals surface area contributed by atoms with Gasteiger partial charge in [-0.25, -0.2) is 13.1 Å². The Morgan fingerprint density at radius 2 is 1.79 bits per heavy atom. The van der Waals surface area contributed by atoms with Gasteiger partial charge in [-0.05, 0) is 5.92 Å². The van der Waals surface area contributed by atoms with Gasteiger partial charge in [-0.3, -0.25) is 0 Å². The molecular weight excluding hydrogens is 223 g/mol. The van der Waals surface area contributed by atoms with Gasteiger partial charge in [0.15, 0.2) is 0 Å². The fraction of sp³-hybridized carbons (Fsp3) is 1.00. The highest BCUT2D eigenvalue weighted by atomic mass is 32.2. The van der Waals surface area contributed by atoms with E-state index in [2.05, 4.69) is 0 Å². The van der Waals surface area contributed by atoms with E-state index >= 15 is 0 Å². The summed E-state index contributed by atoms with van der Waals surface area (Å²) < 4.78 is 58.1. The van der Waals surface area contributed by atoms with Crippen LogP contribution < -0.4 is 4.72 Å². The lowest BCUT2D eigenvalue weighted by atomic mass is 10.1. The number of rotatable bonds is 4. The first-order valence-electron chi connectivity index (χ1n) is 3.81. The Labute approximate surface area is 80.2 Å². The number of alkyl halides is 3. The Morgan fingerprint density at radius 1 is 1.36 bits per heavy atom. The molecule has 0 saturated carbocycles. The fourth-order valence-electron chi connectivity index (χ4n) is 0.650. The van der Waals surface area contributed by atoms with Gasteiger partial charge in [-0.15, -0.1) is 0 Å². The normalized spacial score (nSPS) is 15.9. The third kappa shape index (κ3) is 3.43. The van der Waals surface area contributed by atoms with Crippen LogP contribution in [0.5, 0.6) is 0 Å². The maximum absolute atomic E-state index is 11.9. The van der Waals surface area contributed by atoms with E-state index in [0.717, 1.165) is 0 Å². The summed E-state index contributed by atoms with van der Waals surface area (Å²) in [5.41, 5.74) is -5.34. The van der Waals surface area contributed by atoms with Gasteiger partial charge in [0.1, 0.15) is 0 Å². The Hall–Kier alpha value is -0.340. The Balaban J connectivity index is 4.67. The molecule has 0 radical (unpaired) electrons. The molecule has 0 spiro atoms. The van der Waals surface area contributed by atoms with E-state index < -0.39 is 34.1 Å². The molecular formula is C6H12F3NO3S. The van der Waals surface area contributed by atoms with Crippen molar-refractivity contribution >= 4 is 10.0 Å². The van der Waals surface area contributed by atoms with Crippen LogP contribution in [0.15, 0.2) is 0 Å². The second kappa shape index (κ2) is 4.45. The molecule has 0 aromatic rings. The van der Waals surface area contributed by atoms with E-state index in [1.54, 1.807) is 0 Å². The number of hydrogen-bond acceptors (Lipinski definition) is 3. The van der Waals surface area contributed by atoms with Crippen LogP contribution in [0, 0.1) is 5.92 Å². The van der Waals surface area contributed by atoms with E-state index in [4.69, 9.17) is 5.11 Å². The Bertz CT molecular complexity index is 273. The summed E-state index contributed by atoms with van der Waals surface area (Å²) >= 11 is 0. The van der Waals surface area contributed by atoms with Gasteiger partial charge in [-0.1, -0.05) is 13.8 Å². The summed E-state index contributed by atoms with van der Waals surface area (Å²) in [6, 6.07) is -1.12. The van der Waals surface area contributed by atoms with Gasteiger partial charge in [0.2, 0.25) is 0 Å². The summed E-state index contributed by atoms with van der Waals surface area (Å²) in [6.45, 7) is 2.33. The minimum absolute atomic E-state index is 0.419. The SMILES string of the molecule is CC(C)[C@@H](CO)NS(=O)(=O)C(F)(F)F. The summed E-state index contributed by atoms with van der Waals surface area (Å²) in [7, 11) is -5.36. The molecule has 0 amide bonds. The standard InChI is InChI=1S/C6H12F3NO3S/c1-4(2)5(3-11)10-14(12,13)6(7,8)9/h4-5,10-11H,3H2,1-2H3/t5-/m1/s1. The van der Waals surface area contributed by atoms with Crippen LogP contribution >= 0.6 is 0 Å². The van der Waals surface area contributed by atoms with Crippen molar-refractivity contribution in [1.82, 2.24) is 4.72 Å². The van der Waals surface area contributed by atoms with Crippen molar-refractivity contribution in [3.8, 4) is 0 Å². The summed E-state index contributed by atoms with van der Waals surface area (Å²) in [5.74, 6) is -0.419. The smallest absolute Gasteiger partial charge is 0.395 e. The highest BCUT2D eigenvalue weighted by Gasteiger charge is 2.46. The topological polar surface area (TPSA) is 66.4 Å². The summed E-state index contributed by atoms with van der Waals surface area (Å²) in [4.78, 5) is 0. The number of sulfonamides is 1. The molecule has 0 saturated heterocycles. The van der Waals surface area contributed by atoms with Gasteiger partial charge < -0.3 is 5.11 Å². The van der Waals surface area contributed by atoms with Crippen LogP contribution in [0.1, 0.15) is 13.8 Å². The maximum Gasteiger partial charge on any atom is 0.511 e. The zero-order chi connectivity index (χ0) is 11.6. The predicted octanol–water partition coefficient (Wildman–Crippen LogP) is 0.443. The van der Waals surface area contributed by atoms with Crippen LogP contribution in [0.25, 0.3) is 0 Å². The third-order valence-electron chi connectivity index (χ3n) is 1.61. The molecule has 0 bridgehead atoms. The highest BCUT2D eigenvalue weighted by molar-refractivity contribution is 7.90. The van der Waals surface area contributed by atoms with Crippen LogP contribution in [0.3, 0.4) is 0 Å². The minimum atomic E-state index is -5.36. The Kier molecular flexibility index (Phi) is 4.34. The van der Waals surface area contributed by atoms with Crippen LogP contribution in [-0.4, -0.2) is 31.7 Å². The molecule has 0 aliphatic carbocycles. The number of hydrogen-bond donors (Lipinski definition) is 2.